The van der Waals surface area contributed by atoms with Gasteiger partial charge in [-0.1, -0.05) is 17.7 Å². The van der Waals surface area contributed by atoms with Gasteiger partial charge < -0.3 is 15.0 Å². The van der Waals surface area contributed by atoms with Gasteiger partial charge in [-0.3, -0.25) is 5.32 Å². The first kappa shape index (κ1) is 18.4. The number of methoxy groups -OCH3 is 1. The lowest BCUT2D eigenvalue weighted by Gasteiger charge is -2.35. The molecule has 0 aromatic heterocycles. The van der Waals surface area contributed by atoms with Crippen molar-refractivity contribution in [1.29, 1.82) is 0 Å². The molecule has 2 aliphatic rings. The zero-order chi connectivity index (χ0) is 18.8. The van der Waals surface area contributed by atoms with Gasteiger partial charge in [-0.15, -0.1) is 0 Å². The third kappa shape index (κ3) is 4.01. The molecule has 0 spiro atoms. The van der Waals surface area contributed by atoms with E-state index in [9.17, 15) is 0 Å². The van der Waals surface area contributed by atoms with Crippen molar-refractivity contribution in [3.63, 3.8) is 0 Å². The molecule has 0 bridgehead atoms. The normalized spacial score (nSPS) is 19.1. The molecule has 2 aromatic carbocycles. The molecule has 6 heteroatoms. The average molecular weight is 386 g/mol. The summed E-state index contributed by atoms with van der Waals surface area (Å²) in [4.78, 5) is 7.49. The third-order valence-corrected chi connectivity index (χ3v) is 5.44. The first-order valence-corrected chi connectivity index (χ1v) is 9.83. The van der Waals surface area contributed by atoms with E-state index < -0.39 is 0 Å². The number of nitrogens with one attached hydrogen (secondary N) is 1. The molecule has 27 heavy (non-hydrogen) atoms. The number of nitrogens with two attached hydrogens (primary N) is 1. The highest BCUT2D eigenvalue weighted by Gasteiger charge is 2.28. The molecule has 2 aliphatic heterocycles. The first-order chi connectivity index (χ1) is 13.1. The van der Waals surface area contributed by atoms with Crippen LogP contribution in [-0.4, -0.2) is 50.1 Å². The van der Waals surface area contributed by atoms with E-state index >= 15 is 0 Å². The number of nitrogens with zero attached hydrogens (tertiary/aromatic N) is 2. The van der Waals surface area contributed by atoms with Gasteiger partial charge in [-0.05, 0) is 37.1 Å². The van der Waals surface area contributed by atoms with Crippen molar-refractivity contribution < 1.29 is 10.1 Å². The average Bonchev–Trinajstić information content (AvgIpc) is 2.83. The smallest absolute Gasteiger partial charge is 0.160 e. The molecule has 5 nitrogen and oxygen atoms in total. The molecule has 0 saturated carbocycles. The topological polar surface area (TPSA) is 53.5 Å². The quantitative estimate of drug-likeness (QED) is 0.799. The fraction of sp³-hybridized carbons (Fsp3) is 0.381. The van der Waals surface area contributed by atoms with E-state index in [1.165, 1.54) is 16.8 Å². The molecule has 4 rings (SSSR count). The lowest BCUT2D eigenvalue weighted by molar-refractivity contribution is -0.477. The maximum Gasteiger partial charge on any atom is 0.160 e. The second kappa shape index (κ2) is 7.98. The van der Waals surface area contributed by atoms with Crippen LogP contribution in [0.3, 0.4) is 0 Å². The second-order valence-corrected chi connectivity index (χ2v) is 7.69. The van der Waals surface area contributed by atoms with Crippen molar-refractivity contribution in [3.8, 4) is 0 Å². The number of piperazine rings is 1. The number of hydrogen-bond donors (Lipinski definition) is 2. The molecule has 2 heterocycles. The minimum Gasteiger partial charge on any atom is -0.385 e. The fourth-order valence-corrected chi connectivity index (χ4v) is 3.95. The Balaban J connectivity index is 1.75. The summed E-state index contributed by atoms with van der Waals surface area (Å²) in [6.07, 6.45) is 0.996. The van der Waals surface area contributed by atoms with Gasteiger partial charge in [0.15, 0.2) is 5.69 Å². The van der Waals surface area contributed by atoms with Gasteiger partial charge >= 0.3 is 0 Å². The number of amidine groups is 1. The van der Waals surface area contributed by atoms with Gasteiger partial charge in [0.25, 0.3) is 0 Å². The number of aryl methyl sites for hydroxylation is 1. The summed E-state index contributed by atoms with van der Waals surface area (Å²) in [6.45, 7) is 5.70. The van der Waals surface area contributed by atoms with E-state index in [2.05, 4.69) is 40.7 Å². The molecule has 3 N–H and O–H groups in total. The number of quaternary nitrogens is 1. The minimum atomic E-state index is 0.403. The highest BCUT2D eigenvalue weighted by Crippen LogP contribution is 2.31. The Labute approximate surface area is 165 Å². The summed E-state index contributed by atoms with van der Waals surface area (Å²) in [5, 5.41) is 6.52. The van der Waals surface area contributed by atoms with Crippen LogP contribution in [-0.2, 0) is 4.74 Å². The minimum absolute atomic E-state index is 0.403. The van der Waals surface area contributed by atoms with E-state index in [4.69, 9.17) is 21.3 Å². The molecule has 0 unspecified atom stereocenters. The molecule has 1 saturated heterocycles. The van der Waals surface area contributed by atoms with Crippen LogP contribution < -0.4 is 10.6 Å². The SMILES string of the molecule is COCC[C@H]1CN(C2=Nc3cc(Cl)ccc3[NH2+]c3ccc(C)cc32)CCN1. The van der Waals surface area contributed by atoms with Crippen LogP contribution in [0.15, 0.2) is 41.4 Å². The lowest BCUT2D eigenvalue weighted by atomic mass is 10.1. The largest absolute Gasteiger partial charge is 0.385 e. The van der Waals surface area contributed by atoms with E-state index in [-0.39, 0.29) is 0 Å². The lowest BCUT2D eigenvalue weighted by Crippen LogP contribution is -2.71. The van der Waals surface area contributed by atoms with Crippen molar-refractivity contribution in [3.05, 3.63) is 52.5 Å². The van der Waals surface area contributed by atoms with Gasteiger partial charge in [-0.2, -0.15) is 0 Å². The number of aliphatic imine (C=N–C) groups is 1. The zero-order valence-electron chi connectivity index (χ0n) is 15.8. The van der Waals surface area contributed by atoms with Crippen LogP contribution in [0.5, 0.6) is 0 Å². The molecule has 0 radical (unpaired) electrons. The number of fused-ring (bicyclic) bond motifs is 2. The summed E-state index contributed by atoms with van der Waals surface area (Å²) in [7, 11) is 1.76. The molecule has 0 aliphatic carbocycles. The Morgan fingerprint density at radius 1 is 1.26 bits per heavy atom. The molecule has 2 aromatic rings. The zero-order valence-corrected chi connectivity index (χ0v) is 16.6. The molecule has 142 valence electrons. The summed E-state index contributed by atoms with van der Waals surface area (Å²) in [5.74, 6) is 1.04. The predicted octanol–water partition coefficient (Wildman–Crippen LogP) is 2.88. The van der Waals surface area contributed by atoms with Crippen molar-refractivity contribution in [2.24, 2.45) is 4.99 Å². The van der Waals surface area contributed by atoms with Gasteiger partial charge in [-0.25, -0.2) is 4.99 Å². The number of benzene rings is 2. The summed E-state index contributed by atoms with van der Waals surface area (Å²) in [6, 6.07) is 12.9. The number of halogens is 1. The molecular formula is C21H26ClN4O+. The highest BCUT2D eigenvalue weighted by molar-refractivity contribution is 6.31. The second-order valence-electron chi connectivity index (χ2n) is 7.25. The predicted molar refractivity (Wildman–Crippen MR) is 110 cm³/mol. The highest BCUT2D eigenvalue weighted by atomic mass is 35.5. The third-order valence-electron chi connectivity index (χ3n) is 5.21. The molecule has 0 amide bonds. The maximum absolute atomic E-state index is 6.26. The summed E-state index contributed by atoms with van der Waals surface area (Å²) < 4.78 is 5.27. The number of ether oxygens (including phenoxy) is 1. The van der Waals surface area contributed by atoms with E-state index in [1.807, 2.05) is 18.2 Å². The summed E-state index contributed by atoms with van der Waals surface area (Å²) in [5.41, 5.74) is 5.66. The molecule has 1 fully saturated rings. The number of hydrogen-bond acceptors (Lipinski definition) is 4. The first-order valence-electron chi connectivity index (χ1n) is 9.45. The monoisotopic (exact) mass is 385 g/mol. The Hall–Kier alpha value is -1.92. The van der Waals surface area contributed by atoms with Gasteiger partial charge in [0, 0.05) is 56.5 Å². The van der Waals surface area contributed by atoms with Gasteiger partial charge in [0.05, 0.1) is 5.56 Å². The summed E-state index contributed by atoms with van der Waals surface area (Å²) >= 11 is 6.26. The van der Waals surface area contributed by atoms with Gasteiger partial charge in [0.2, 0.25) is 0 Å². The van der Waals surface area contributed by atoms with E-state index in [0.29, 0.717) is 11.1 Å². The molecular weight excluding hydrogens is 360 g/mol. The Morgan fingerprint density at radius 3 is 2.96 bits per heavy atom. The van der Waals surface area contributed by atoms with E-state index in [0.717, 1.165) is 49.9 Å². The Bertz CT molecular complexity index is 867. The van der Waals surface area contributed by atoms with E-state index in [1.54, 1.807) is 7.11 Å². The van der Waals surface area contributed by atoms with Crippen molar-refractivity contribution in [2.45, 2.75) is 19.4 Å². The standard InChI is InChI=1S/C21H25ClN4O/c1-14-3-5-18-17(11-14)21(25-20-12-15(22)4-6-19(20)24-18)26-9-8-23-16(13-26)7-10-27-2/h3-6,11-12,16,23-24H,7-10,13H2,1-2H3/p+1/t16-/m0/s1. The maximum atomic E-state index is 6.26. The van der Waals surface area contributed by atoms with Gasteiger partial charge in [0.1, 0.15) is 17.2 Å². The van der Waals surface area contributed by atoms with Crippen molar-refractivity contribution in [2.75, 3.05) is 33.4 Å². The van der Waals surface area contributed by atoms with Crippen LogP contribution in [0.4, 0.5) is 17.1 Å². The Morgan fingerprint density at radius 2 is 2.11 bits per heavy atom. The van der Waals surface area contributed by atoms with Crippen LogP contribution >= 0.6 is 11.6 Å². The van der Waals surface area contributed by atoms with Crippen LogP contribution in [0.2, 0.25) is 5.02 Å². The Kier molecular flexibility index (Phi) is 5.45. The molecule has 1 atom stereocenters. The van der Waals surface area contributed by atoms with Crippen LogP contribution in [0, 0.1) is 6.92 Å². The fourth-order valence-electron chi connectivity index (χ4n) is 3.78. The van der Waals surface area contributed by atoms with Crippen LogP contribution in [0.1, 0.15) is 17.5 Å². The van der Waals surface area contributed by atoms with Crippen molar-refractivity contribution >= 4 is 34.5 Å². The van der Waals surface area contributed by atoms with Crippen molar-refractivity contribution in [1.82, 2.24) is 10.2 Å². The number of rotatable bonds is 3. The van der Waals surface area contributed by atoms with Crippen LogP contribution in [0.25, 0.3) is 0 Å².